The van der Waals surface area contributed by atoms with E-state index < -0.39 is 0 Å². The molecule has 0 aliphatic rings. The van der Waals surface area contributed by atoms with E-state index in [4.69, 9.17) is 9.47 Å². The zero-order valence-electron chi connectivity index (χ0n) is 13.4. The number of benzene rings is 2. The molecule has 24 heavy (non-hydrogen) atoms. The SMILES string of the molecule is COc1cc2nccc(Oc3ccc4c(ccn4C)c3)c2cc1O. The maximum atomic E-state index is 10.0. The number of pyridine rings is 1. The third-order valence-corrected chi connectivity index (χ3v) is 4.09. The number of phenols is 1. The average molecular weight is 320 g/mol. The highest BCUT2D eigenvalue weighted by molar-refractivity contribution is 5.88. The zero-order valence-corrected chi connectivity index (χ0v) is 13.4. The minimum atomic E-state index is 0.0568. The van der Waals surface area contributed by atoms with E-state index in [2.05, 4.69) is 9.55 Å². The molecule has 4 rings (SSSR count). The van der Waals surface area contributed by atoms with Crippen molar-refractivity contribution in [1.29, 1.82) is 0 Å². The summed E-state index contributed by atoms with van der Waals surface area (Å²) in [5.41, 5.74) is 1.84. The predicted octanol–water partition coefficient (Wildman–Crippen LogP) is 4.23. The van der Waals surface area contributed by atoms with Crippen LogP contribution >= 0.6 is 0 Å². The maximum Gasteiger partial charge on any atom is 0.162 e. The lowest BCUT2D eigenvalue weighted by Crippen LogP contribution is -1.90. The Bertz CT molecular complexity index is 1050. The molecule has 0 unspecified atom stereocenters. The number of ether oxygens (including phenoxy) is 2. The summed E-state index contributed by atoms with van der Waals surface area (Å²) in [6, 6.07) is 13.1. The van der Waals surface area contributed by atoms with Crippen LogP contribution in [0.25, 0.3) is 21.8 Å². The molecular weight excluding hydrogens is 304 g/mol. The number of hydrogen-bond acceptors (Lipinski definition) is 4. The van der Waals surface area contributed by atoms with Crippen molar-refractivity contribution >= 4 is 21.8 Å². The van der Waals surface area contributed by atoms with Crippen LogP contribution in [0.5, 0.6) is 23.0 Å². The fraction of sp³-hybridized carbons (Fsp3) is 0.105. The molecule has 5 nitrogen and oxygen atoms in total. The molecule has 0 saturated carbocycles. The van der Waals surface area contributed by atoms with E-state index >= 15 is 0 Å². The van der Waals surface area contributed by atoms with Crippen molar-refractivity contribution < 1.29 is 14.6 Å². The van der Waals surface area contributed by atoms with Gasteiger partial charge in [0.05, 0.1) is 12.6 Å². The van der Waals surface area contributed by atoms with E-state index in [1.165, 1.54) is 7.11 Å². The molecule has 120 valence electrons. The van der Waals surface area contributed by atoms with Gasteiger partial charge in [0, 0.05) is 41.8 Å². The smallest absolute Gasteiger partial charge is 0.162 e. The summed E-state index contributed by atoms with van der Waals surface area (Å²) in [5, 5.41) is 11.9. The Morgan fingerprint density at radius 2 is 1.92 bits per heavy atom. The molecule has 2 aromatic heterocycles. The Balaban J connectivity index is 1.79. The normalized spacial score (nSPS) is 11.1. The van der Waals surface area contributed by atoms with Crippen LogP contribution in [0.15, 0.2) is 54.9 Å². The first-order valence-electron chi connectivity index (χ1n) is 7.54. The second-order valence-corrected chi connectivity index (χ2v) is 5.60. The Hall–Kier alpha value is -3.21. The van der Waals surface area contributed by atoms with Crippen molar-refractivity contribution in [2.45, 2.75) is 0 Å². The van der Waals surface area contributed by atoms with Gasteiger partial charge in [0.15, 0.2) is 11.5 Å². The molecule has 0 bridgehead atoms. The number of nitrogens with zero attached hydrogens (tertiary/aromatic N) is 2. The number of aromatic nitrogens is 2. The highest BCUT2D eigenvalue weighted by Gasteiger charge is 2.10. The van der Waals surface area contributed by atoms with Crippen molar-refractivity contribution in [3.8, 4) is 23.0 Å². The molecule has 0 aliphatic carbocycles. The molecular formula is C19H16N2O3. The lowest BCUT2D eigenvalue weighted by Gasteiger charge is -2.11. The van der Waals surface area contributed by atoms with Crippen LogP contribution in [0.3, 0.4) is 0 Å². The molecule has 0 aliphatic heterocycles. The molecule has 0 spiro atoms. The molecule has 0 atom stereocenters. The number of methoxy groups -OCH3 is 1. The third kappa shape index (κ3) is 2.31. The van der Waals surface area contributed by atoms with Crippen LogP contribution in [-0.2, 0) is 7.05 Å². The topological polar surface area (TPSA) is 56.5 Å². The molecule has 0 radical (unpaired) electrons. The second kappa shape index (κ2) is 5.45. The monoisotopic (exact) mass is 320 g/mol. The Kier molecular flexibility index (Phi) is 3.27. The first kappa shape index (κ1) is 14.4. The van der Waals surface area contributed by atoms with Crippen LogP contribution in [-0.4, -0.2) is 21.8 Å². The summed E-state index contributed by atoms with van der Waals surface area (Å²) in [6.45, 7) is 0. The molecule has 0 fully saturated rings. The predicted molar refractivity (Wildman–Crippen MR) is 93.0 cm³/mol. The zero-order chi connectivity index (χ0) is 16.7. The van der Waals surface area contributed by atoms with Gasteiger partial charge in [0.1, 0.15) is 11.5 Å². The Morgan fingerprint density at radius 1 is 1.04 bits per heavy atom. The van der Waals surface area contributed by atoms with Gasteiger partial charge in [-0.25, -0.2) is 0 Å². The van der Waals surface area contributed by atoms with E-state index in [0.717, 1.165) is 22.0 Å². The Labute approximate surface area is 138 Å². The average Bonchev–Trinajstić information content (AvgIpc) is 2.95. The molecule has 2 heterocycles. The molecule has 2 aromatic carbocycles. The van der Waals surface area contributed by atoms with Crippen molar-refractivity contribution in [2.75, 3.05) is 7.11 Å². The standard InChI is InChI=1S/C19H16N2O3/c1-21-8-6-12-9-13(3-4-16(12)21)24-18-5-7-20-15-11-19(23-2)17(22)10-14(15)18/h3-11,22H,1-2H3. The number of rotatable bonds is 3. The van der Waals surface area contributed by atoms with Crippen LogP contribution < -0.4 is 9.47 Å². The van der Waals surface area contributed by atoms with Gasteiger partial charge >= 0.3 is 0 Å². The molecule has 0 amide bonds. The largest absolute Gasteiger partial charge is 0.504 e. The minimum Gasteiger partial charge on any atom is -0.504 e. The maximum absolute atomic E-state index is 10.0. The number of aromatic hydroxyl groups is 1. The summed E-state index contributed by atoms with van der Waals surface area (Å²) in [7, 11) is 3.52. The first-order chi connectivity index (χ1) is 11.7. The third-order valence-electron chi connectivity index (χ3n) is 4.09. The molecule has 1 N–H and O–H groups in total. The van der Waals surface area contributed by atoms with Crippen molar-refractivity contribution in [1.82, 2.24) is 9.55 Å². The van der Waals surface area contributed by atoms with Gasteiger partial charge in [-0.1, -0.05) is 0 Å². The van der Waals surface area contributed by atoms with E-state index in [9.17, 15) is 5.11 Å². The lowest BCUT2D eigenvalue weighted by molar-refractivity contribution is 0.374. The van der Waals surface area contributed by atoms with Gasteiger partial charge in [0.2, 0.25) is 0 Å². The fourth-order valence-electron chi connectivity index (χ4n) is 2.84. The van der Waals surface area contributed by atoms with E-state index in [1.807, 2.05) is 37.5 Å². The van der Waals surface area contributed by atoms with Crippen molar-refractivity contribution in [2.24, 2.45) is 7.05 Å². The minimum absolute atomic E-state index is 0.0568. The van der Waals surface area contributed by atoms with E-state index in [0.29, 0.717) is 17.0 Å². The molecule has 0 saturated heterocycles. The summed E-state index contributed by atoms with van der Waals surface area (Å²) in [5.74, 6) is 1.81. The van der Waals surface area contributed by atoms with Gasteiger partial charge in [-0.15, -0.1) is 0 Å². The lowest BCUT2D eigenvalue weighted by atomic mass is 10.2. The second-order valence-electron chi connectivity index (χ2n) is 5.60. The van der Waals surface area contributed by atoms with Crippen LogP contribution in [0.2, 0.25) is 0 Å². The van der Waals surface area contributed by atoms with Gasteiger partial charge in [-0.3, -0.25) is 4.98 Å². The van der Waals surface area contributed by atoms with Gasteiger partial charge < -0.3 is 19.1 Å². The summed E-state index contributed by atoms with van der Waals surface area (Å²) >= 11 is 0. The van der Waals surface area contributed by atoms with Crippen molar-refractivity contribution in [3.63, 3.8) is 0 Å². The van der Waals surface area contributed by atoms with E-state index in [1.54, 1.807) is 24.4 Å². The highest BCUT2D eigenvalue weighted by atomic mass is 16.5. The van der Waals surface area contributed by atoms with Crippen molar-refractivity contribution in [3.05, 3.63) is 54.9 Å². The van der Waals surface area contributed by atoms with Gasteiger partial charge in [-0.05, 0) is 36.4 Å². The summed E-state index contributed by atoms with van der Waals surface area (Å²) < 4.78 is 13.2. The van der Waals surface area contributed by atoms with Gasteiger partial charge in [-0.2, -0.15) is 0 Å². The highest BCUT2D eigenvalue weighted by Crippen LogP contribution is 2.36. The Morgan fingerprint density at radius 3 is 2.75 bits per heavy atom. The number of phenolic OH excluding ortho intramolecular Hbond substituents is 1. The van der Waals surface area contributed by atoms with Crippen LogP contribution in [0.4, 0.5) is 0 Å². The van der Waals surface area contributed by atoms with Crippen LogP contribution in [0.1, 0.15) is 0 Å². The summed E-state index contributed by atoms with van der Waals surface area (Å²) in [4.78, 5) is 4.31. The number of aryl methyl sites for hydroxylation is 1. The molecule has 5 heteroatoms. The molecule has 4 aromatic rings. The number of hydrogen-bond donors (Lipinski definition) is 1. The quantitative estimate of drug-likeness (QED) is 0.613. The fourth-order valence-corrected chi connectivity index (χ4v) is 2.84. The number of fused-ring (bicyclic) bond motifs is 2. The van der Waals surface area contributed by atoms with Gasteiger partial charge in [0.25, 0.3) is 0 Å². The first-order valence-corrected chi connectivity index (χ1v) is 7.54. The summed E-state index contributed by atoms with van der Waals surface area (Å²) in [6.07, 6.45) is 3.69. The van der Waals surface area contributed by atoms with Crippen LogP contribution in [0, 0.1) is 0 Å². The van der Waals surface area contributed by atoms with E-state index in [-0.39, 0.29) is 5.75 Å².